The van der Waals surface area contributed by atoms with Gasteiger partial charge in [0.1, 0.15) is 11.6 Å². The van der Waals surface area contributed by atoms with Crippen molar-refractivity contribution in [2.45, 2.75) is 25.4 Å². The minimum atomic E-state index is -0.496. The molecule has 1 N–H and O–H groups in total. The van der Waals surface area contributed by atoms with Crippen molar-refractivity contribution >= 4 is 0 Å². The molecule has 1 fully saturated rings. The molecule has 0 amide bonds. The van der Waals surface area contributed by atoms with Gasteiger partial charge in [-0.15, -0.1) is 0 Å². The third kappa shape index (κ3) is 2.77. The molecule has 1 aliphatic rings. The average Bonchev–Trinajstić information content (AvgIpc) is 2.30. The van der Waals surface area contributed by atoms with E-state index < -0.39 is 11.6 Å². The van der Waals surface area contributed by atoms with Crippen LogP contribution in [-0.4, -0.2) is 19.3 Å². The summed E-state index contributed by atoms with van der Waals surface area (Å²) >= 11 is 0. The summed E-state index contributed by atoms with van der Waals surface area (Å²) in [5.74, 6) is -0.992. The zero-order valence-corrected chi connectivity index (χ0v) is 9.01. The topological polar surface area (TPSA) is 21.3 Å². The maximum absolute atomic E-state index is 13.3. The highest BCUT2D eigenvalue weighted by Crippen LogP contribution is 2.13. The summed E-state index contributed by atoms with van der Waals surface area (Å²) in [6.07, 6.45) is 1.99. The highest BCUT2D eigenvalue weighted by atomic mass is 19.1. The Morgan fingerprint density at radius 3 is 2.69 bits per heavy atom. The Morgan fingerprint density at radius 1 is 1.31 bits per heavy atom. The quantitative estimate of drug-likeness (QED) is 0.855. The highest BCUT2D eigenvalue weighted by molar-refractivity contribution is 5.19. The molecule has 0 radical (unpaired) electrons. The fraction of sp³-hybridized carbons (Fsp3) is 0.500. The molecule has 2 rings (SSSR count). The Hall–Kier alpha value is -1.00. The van der Waals surface area contributed by atoms with Crippen LogP contribution in [0.3, 0.4) is 0 Å². The van der Waals surface area contributed by atoms with E-state index in [1.54, 1.807) is 0 Å². The molecule has 1 aromatic carbocycles. The van der Waals surface area contributed by atoms with Crippen LogP contribution in [0.25, 0.3) is 0 Å². The van der Waals surface area contributed by atoms with Crippen molar-refractivity contribution in [3.63, 3.8) is 0 Å². The van der Waals surface area contributed by atoms with Crippen LogP contribution in [0.5, 0.6) is 0 Å². The molecule has 0 aromatic heterocycles. The van der Waals surface area contributed by atoms with E-state index in [2.05, 4.69) is 5.32 Å². The fourth-order valence-corrected chi connectivity index (χ4v) is 1.85. The summed E-state index contributed by atoms with van der Waals surface area (Å²) in [5.41, 5.74) is 0.105. The monoisotopic (exact) mass is 227 g/mol. The largest absolute Gasteiger partial charge is 0.380 e. The Kier molecular flexibility index (Phi) is 3.85. The number of hydrogen-bond donors (Lipinski definition) is 1. The van der Waals surface area contributed by atoms with Crippen LogP contribution < -0.4 is 5.32 Å². The van der Waals surface area contributed by atoms with Crippen molar-refractivity contribution in [3.8, 4) is 0 Å². The molecule has 88 valence electrons. The highest BCUT2D eigenvalue weighted by Gasteiger charge is 2.15. The van der Waals surface area contributed by atoms with Gasteiger partial charge in [-0.2, -0.15) is 0 Å². The zero-order chi connectivity index (χ0) is 11.4. The minimum Gasteiger partial charge on any atom is -0.380 e. The molecule has 0 saturated carbocycles. The molecular weight excluding hydrogens is 212 g/mol. The van der Waals surface area contributed by atoms with Crippen molar-refractivity contribution in [2.75, 3.05) is 13.2 Å². The number of halogens is 2. The predicted molar refractivity (Wildman–Crippen MR) is 57.0 cm³/mol. The second kappa shape index (κ2) is 5.37. The lowest BCUT2D eigenvalue weighted by Crippen LogP contribution is -2.36. The van der Waals surface area contributed by atoms with Crippen LogP contribution >= 0.6 is 0 Å². The molecule has 1 saturated heterocycles. The predicted octanol–water partition coefficient (Wildman–Crippen LogP) is 2.23. The van der Waals surface area contributed by atoms with Gasteiger partial charge in [-0.25, -0.2) is 8.78 Å². The maximum Gasteiger partial charge on any atom is 0.130 e. The first-order valence-electron chi connectivity index (χ1n) is 5.51. The second-order valence-corrected chi connectivity index (χ2v) is 4.00. The van der Waals surface area contributed by atoms with Gasteiger partial charge >= 0.3 is 0 Å². The maximum atomic E-state index is 13.3. The summed E-state index contributed by atoms with van der Waals surface area (Å²) in [6, 6.07) is 4.13. The Bertz CT molecular complexity index is 331. The minimum absolute atomic E-state index is 0.105. The van der Waals surface area contributed by atoms with Crippen LogP contribution in [0.15, 0.2) is 18.2 Å². The lowest BCUT2D eigenvalue weighted by molar-refractivity contribution is 0.0697. The molecule has 1 atom stereocenters. The summed E-state index contributed by atoms with van der Waals surface area (Å²) in [4.78, 5) is 0. The Morgan fingerprint density at radius 2 is 2.06 bits per heavy atom. The summed E-state index contributed by atoms with van der Waals surface area (Å²) < 4.78 is 31.9. The number of rotatable bonds is 3. The van der Waals surface area contributed by atoms with E-state index in [1.807, 2.05) is 0 Å². The van der Waals surface area contributed by atoms with Gasteiger partial charge < -0.3 is 10.1 Å². The summed E-state index contributed by atoms with van der Waals surface area (Å²) in [6.45, 7) is 1.62. The van der Waals surface area contributed by atoms with Crippen molar-refractivity contribution in [1.82, 2.24) is 5.32 Å². The molecule has 4 heteroatoms. The molecule has 0 bridgehead atoms. The van der Waals surface area contributed by atoms with Crippen LogP contribution in [-0.2, 0) is 11.3 Å². The van der Waals surface area contributed by atoms with Crippen LogP contribution in [0.1, 0.15) is 18.4 Å². The number of hydrogen-bond acceptors (Lipinski definition) is 2. The smallest absolute Gasteiger partial charge is 0.130 e. The molecule has 1 aliphatic heterocycles. The first-order valence-corrected chi connectivity index (χ1v) is 5.51. The third-order valence-electron chi connectivity index (χ3n) is 2.79. The van der Waals surface area contributed by atoms with Gasteiger partial charge in [0, 0.05) is 24.8 Å². The summed E-state index contributed by atoms with van der Waals surface area (Å²) in [5, 5.41) is 3.11. The van der Waals surface area contributed by atoms with Crippen LogP contribution in [0, 0.1) is 11.6 Å². The molecule has 2 nitrogen and oxygen atoms in total. The van der Waals surface area contributed by atoms with Crippen LogP contribution in [0.4, 0.5) is 8.78 Å². The van der Waals surface area contributed by atoms with Gasteiger partial charge in [-0.1, -0.05) is 6.07 Å². The SMILES string of the molecule is Fc1cccc(F)c1CNC1CCCOC1. The number of benzene rings is 1. The standard InChI is InChI=1S/C12H15F2NO/c13-11-4-1-5-12(14)10(11)7-15-9-3-2-6-16-8-9/h1,4-5,9,15H,2-3,6-8H2. The van der Waals surface area contributed by atoms with Gasteiger partial charge in [0.15, 0.2) is 0 Å². The molecule has 0 spiro atoms. The molecule has 16 heavy (non-hydrogen) atoms. The number of ether oxygens (including phenoxy) is 1. The molecule has 0 aliphatic carbocycles. The average molecular weight is 227 g/mol. The van der Waals surface area contributed by atoms with Crippen molar-refractivity contribution in [1.29, 1.82) is 0 Å². The first kappa shape index (κ1) is 11.5. The first-order chi connectivity index (χ1) is 7.77. The van der Waals surface area contributed by atoms with E-state index in [0.29, 0.717) is 6.61 Å². The molecule has 1 unspecified atom stereocenters. The van der Waals surface area contributed by atoms with Gasteiger partial charge in [-0.3, -0.25) is 0 Å². The number of nitrogens with one attached hydrogen (secondary N) is 1. The van der Waals surface area contributed by atoms with Gasteiger partial charge in [0.25, 0.3) is 0 Å². The molecule has 1 aromatic rings. The Balaban J connectivity index is 1.93. The normalized spacial score (nSPS) is 21.0. The van der Waals surface area contributed by atoms with Gasteiger partial charge in [0.2, 0.25) is 0 Å². The van der Waals surface area contributed by atoms with Crippen molar-refractivity contribution in [2.24, 2.45) is 0 Å². The zero-order valence-electron chi connectivity index (χ0n) is 9.01. The Labute approximate surface area is 93.6 Å². The van der Waals surface area contributed by atoms with Crippen molar-refractivity contribution < 1.29 is 13.5 Å². The lowest BCUT2D eigenvalue weighted by Gasteiger charge is -2.23. The van der Waals surface area contributed by atoms with Crippen LogP contribution in [0.2, 0.25) is 0 Å². The lowest BCUT2D eigenvalue weighted by atomic mass is 10.1. The van der Waals surface area contributed by atoms with E-state index in [9.17, 15) is 8.78 Å². The van der Waals surface area contributed by atoms with E-state index >= 15 is 0 Å². The third-order valence-corrected chi connectivity index (χ3v) is 2.79. The molecular formula is C12H15F2NO. The van der Waals surface area contributed by atoms with E-state index in [4.69, 9.17) is 4.74 Å². The van der Waals surface area contributed by atoms with Gasteiger partial charge in [-0.05, 0) is 25.0 Å². The van der Waals surface area contributed by atoms with E-state index in [-0.39, 0.29) is 18.2 Å². The summed E-state index contributed by atoms with van der Waals surface area (Å²) in [7, 11) is 0. The molecule has 1 heterocycles. The van der Waals surface area contributed by atoms with E-state index in [1.165, 1.54) is 18.2 Å². The van der Waals surface area contributed by atoms with Crippen molar-refractivity contribution in [3.05, 3.63) is 35.4 Å². The fourth-order valence-electron chi connectivity index (χ4n) is 1.85. The second-order valence-electron chi connectivity index (χ2n) is 4.00. The van der Waals surface area contributed by atoms with E-state index in [0.717, 1.165) is 19.4 Å². The van der Waals surface area contributed by atoms with Gasteiger partial charge in [0.05, 0.1) is 6.61 Å².